The van der Waals surface area contributed by atoms with Crippen molar-refractivity contribution in [2.75, 3.05) is 6.54 Å². The second-order valence-electron chi connectivity index (χ2n) is 5.15. The first kappa shape index (κ1) is 13.7. The lowest BCUT2D eigenvalue weighted by Gasteiger charge is -2.30. The van der Waals surface area contributed by atoms with Crippen LogP contribution in [-0.2, 0) is 0 Å². The Labute approximate surface area is 102 Å². The van der Waals surface area contributed by atoms with Gasteiger partial charge in [-0.2, -0.15) is 0 Å². The second kappa shape index (κ2) is 5.31. The number of aryl methyl sites for hydroxylation is 1. The average Bonchev–Trinajstić information content (AvgIpc) is 2.63. The topological polar surface area (TPSA) is 81.2 Å². The zero-order valence-electron chi connectivity index (χ0n) is 10.9. The summed E-state index contributed by atoms with van der Waals surface area (Å²) in [5.74, 6) is 0.460. The highest BCUT2D eigenvalue weighted by molar-refractivity contribution is 5.93. The van der Waals surface area contributed by atoms with Gasteiger partial charge in [0.05, 0.1) is 11.7 Å². The number of aromatic nitrogens is 1. The summed E-state index contributed by atoms with van der Waals surface area (Å²) in [6.45, 7) is 8.31. The molecule has 0 spiro atoms. The Morgan fingerprint density at radius 2 is 2.29 bits per heavy atom. The SMILES string of the molecule is Cc1cnoc1C(=O)NC(C)(CN)CC(C)C. The fraction of sp³-hybridized carbons (Fsp3) is 0.667. The summed E-state index contributed by atoms with van der Waals surface area (Å²) < 4.78 is 4.92. The molecule has 1 heterocycles. The van der Waals surface area contributed by atoms with Gasteiger partial charge in [0.25, 0.3) is 5.91 Å². The van der Waals surface area contributed by atoms with E-state index in [4.69, 9.17) is 10.3 Å². The van der Waals surface area contributed by atoms with Gasteiger partial charge < -0.3 is 15.6 Å². The molecule has 1 amide bonds. The third-order valence-electron chi connectivity index (χ3n) is 2.68. The van der Waals surface area contributed by atoms with Crippen LogP contribution >= 0.6 is 0 Å². The van der Waals surface area contributed by atoms with Gasteiger partial charge in [-0.3, -0.25) is 4.79 Å². The normalized spacial score (nSPS) is 14.7. The van der Waals surface area contributed by atoms with Gasteiger partial charge in [0.2, 0.25) is 5.76 Å². The van der Waals surface area contributed by atoms with Gasteiger partial charge in [0, 0.05) is 12.1 Å². The summed E-state index contributed by atoms with van der Waals surface area (Å²) in [7, 11) is 0. The number of nitrogens with two attached hydrogens (primary N) is 1. The summed E-state index contributed by atoms with van der Waals surface area (Å²) in [4.78, 5) is 12.0. The number of amides is 1. The van der Waals surface area contributed by atoms with Gasteiger partial charge in [-0.1, -0.05) is 19.0 Å². The van der Waals surface area contributed by atoms with E-state index in [1.807, 2.05) is 6.92 Å². The van der Waals surface area contributed by atoms with Crippen LogP contribution in [0.4, 0.5) is 0 Å². The van der Waals surface area contributed by atoms with E-state index in [0.29, 0.717) is 12.5 Å². The summed E-state index contributed by atoms with van der Waals surface area (Å²) in [5, 5.41) is 6.51. The molecule has 0 aromatic carbocycles. The van der Waals surface area contributed by atoms with Crippen LogP contribution in [0.15, 0.2) is 10.7 Å². The Morgan fingerprint density at radius 3 is 2.71 bits per heavy atom. The van der Waals surface area contributed by atoms with Crippen molar-refractivity contribution in [2.24, 2.45) is 11.7 Å². The highest BCUT2D eigenvalue weighted by atomic mass is 16.5. The molecule has 3 N–H and O–H groups in total. The molecule has 0 aliphatic heterocycles. The van der Waals surface area contributed by atoms with Gasteiger partial charge >= 0.3 is 0 Å². The molecule has 0 fully saturated rings. The maximum Gasteiger partial charge on any atom is 0.290 e. The number of hydrogen-bond acceptors (Lipinski definition) is 4. The molecular weight excluding hydrogens is 218 g/mol. The van der Waals surface area contributed by atoms with Crippen molar-refractivity contribution in [3.63, 3.8) is 0 Å². The Kier molecular flexibility index (Phi) is 4.28. The van der Waals surface area contributed by atoms with E-state index in [2.05, 4.69) is 24.3 Å². The minimum atomic E-state index is -0.412. The van der Waals surface area contributed by atoms with Crippen molar-refractivity contribution >= 4 is 5.91 Å². The molecule has 0 saturated carbocycles. The number of nitrogens with zero attached hydrogens (tertiary/aromatic N) is 1. The predicted molar refractivity (Wildman–Crippen MR) is 65.6 cm³/mol. The van der Waals surface area contributed by atoms with E-state index >= 15 is 0 Å². The van der Waals surface area contributed by atoms with Crippen molar-refractivity contribution in [2.45, 2.75) is 39.7 Å². The molecule has 0 bridgehead atoms. The fourth-order valence-corrected chi connectivity index (χ4v) is 1.93. The van der Waals surface area contributed by atoms with E-state index in [0.717, 1.165) is 12.0 Å². The lowest BCUT2D eigenvalue weighted by atomic mass is 9.90. The Bertz CT molecular complexity index is 387. The van der Waals surface area contributed by atoms with Crippen molar-refractivity contribution in [3.05, 3.63) is 17.5 Å². The van der Waals surface area contributed by atoms with Crippen LogP contribution < -0.4 is 11.1 Å². The first-order chi connectivity index (χ1) is 7.88. The smallest absolute Gasteiger partial charge is 0.290 e. The zero-order valence-corrected chi connectivity index (χ0v) is 10.9. The number of rotatable bonds is 5. The molecule has 1 aromatic heterocycles. The second-order valence-corrected chi connectivity index (χ2v) is 5.15. The minimum Gasteiger partial charge on any atom is -0.351 e. The van der Waals surface area contributed by atoms with E-state index in [-0.39, 0.29) is 11.7 Å². The van der Waals surface area contributed by atoms with Crippen LogP contribution in [0.2, 0.25) is 0 Å². The highest BCUT2D eigenvalue weighted by Gasteiger charge is 2.28. The summed E-state index contributed by atoms with van der Waals surface area (Å²) in [5.41, 5.74) is 6.05. The van der Waals surface area contributed by atoms with Crippen molar-refractivity contribution in [1.29, 1.82) is 0 Å². The maximum absolute atomic E-state index is 12.0. The van der Waals surface area contributed by atoms with Crippen LogP contribution in [0, 0.1) is 12.8 Å². The molecule has 0 saturated heterocycles. The first-order valence-electron chi connectivity index (χ1n) is 5.82. The number of nitrogens with one attached hydrogen (secondary N) is 1. The fourth-order valence-electron chi connectivity index (χ4n) is 1.93. The molecule has 1 unspecified atom stereocenters. The van der Waals surface area contributed by atoms with Crippen LogP contribution in [0.5, 0.6) is 0 Å². The predicted octanol–water partition coefficient (Wildman–Crippen LogP) is 1.48. The Morgan fingerprint density at radius 1 is 1.65 bits per heavy atom. The molecule has 1 aromatic rings. The summed E-state index contributed by atoms with van der Waals surface area (Å²) in [6, 6.07) is 0. The van der Waals surface area contributed by atoms with Crippen LogP contribution in [0.3, 0.4) is 0 Å². The van der Waals surface area contributed by atoms with Crippen LogP contribution in [0.1, 0.15) is 43.3 Å². The largest absolute Gasteiger partial charge is 0.351 e. The van der Waals surface area contributed by atoms with Crippen molar-refractivity contribution < 1.29 is 9.32 Å². The molecule has 0 radical (unpaired) electrons. The number of hydrogen-bond donors (Lipinski definition) is 2. The quantitative estimate of drug-likeness (QED) is 0.815. The third kappa shape index (κ3) is 3.56. The molecule has 17 heavy (non-hydrogen) atoms. The first-order valence-corrected chi connectivity index (χ1v) is 5.82. The number of carbonyl (C=O) groups is 1. The molecule has 1 atom stereocenters. The summed E-state index contributed by atoms with van der Waals surface area (Å²) in [6.07, 6.45) is 2.35. The van der Waals surface area contributed by atoms with E-state index in [1.165, 1.54) is 6.20 Å². The molecule has 5 nitrogen and oxygen atoms in total. The zero-order chi connectivity index (χ0) is 13.1. The lowest BCUT2D eigenvalue weighted by Crippen LogP contribution is -2.52. The van der Waals surface area contributed by atoms with Crippen LogP contribution in [0.25, 0.3) is 0 Å². The summed E-state index contributed by atoms with van der Waals surface area (Å²) >= 11 is 0. The lowest BCUT2D eigenvalue weighted by molar-refractivity contribution is 0.0859. The third-order valence-corrected chi connectivity index (χ3v) is 2.68. The molecule has 0 aliphatic carbocycles. The average molecular weight is 239 g/mol. The minimum absolute atomic E-state index is 0.256. The molecular formula is C12H21N3O2. The Balaban J connectivity index is 2.75. The Hall–Kier alpha value is -1.36. The van der Waals surface area contributed by atoms with Crippen molar-refractivity contribution in [1.82, 2.24) is 10.5 Å². The molecule has 5 heteroatoms. The standard InChI is InChI=1S/C12H21N3O2/c1-8(2)5-12(4,7-13)15-11(16)10-9(3)6-14-17-10/h6,8H,5,7,13H2,1-4H3,(H,15,16). The van der Waals surface area contributed by atoms with Gasteiger partial charge in [-0.25, -0.2) is 0 Å². The van der Waals surface area contributed by atoms with Gasteiger partial charge in [-0.05, 0) is 26.2 Å². The van der Waals surface area contributed by atoms with Crippen LogP contribution in [-0.4, -0.2) is 23.1 Å². The van der Waals surface area contributed by atoms with E-state index in [9.17, 15) is 4.79 Å². The molecule has 0 aliphatic rings. The van der Waals surface area contributed by atoms with Gasteiger partial charge in [-0.15, -0.1) is 0 Å². The molecule has 96 valence electrons. The van der Waals surface area contributed by atoms with E-state index in [1.54, 1.807) is 6.92 Å². The van der Waals surface area contributed by atoms with Gasteiger partial charge in [0.1, 0.15) is 0 Å². The maximum atomic E-state index is 12.0. The van der Waals surface area contributed by atoms with E-state index < -0.39 is 5.54 Å². The van der Waals surface area contributed by atoms with Crippen molar-refractivity contribution in [3.8, 4) is 0 Å². The number of carbonyl (C=O) groups excluding carboxylic acids is 1. The highest BCUT2D eigenvalue weighted by Crippen LogP contribution is 2.16. The van der Waals surface area contributed by atoms with Gasteiger partial charge in [0.15, 0.2) is 0 Å². The monoisotopic (exact) mass is 239 g/mol. The molecule has 1 rings (SSSR count).